The molecule has 0 fully saturated rings. The predicted octanol–water partition coefficient (Wildman–Crippen LogP) is 9.65. The van der Waals surface area contributed by atoms with E-state index in [0.717, 1.165) is 0 Å². The molecule has 0 N–H and O–H groups in total. The van der Waals surface area contributed by atoms with E-state index in [1.165, 1.54) is 119 Å². The van der Waals surface area contributed by atoms with E-state index < -0.39 is 0 Å². The summed E-state index contributed by atoms with van der Waals surface area (Å²) in [6.45, 7) is 2.30. The number of hydrogen-bond acceptors (Lipinski definition) is 0. The largest absolute Gasteiger partial charge is 0.0654 e. The molecule has 0 unspecified atom stereocenters. The van der Waals surface area contributed by atoms with Crippen LogP contribution in [0.25, 0.3) is 10.8 Å². The van der Waals surface area contributed by atoms with E-state index in [1.807, 2.05) is 0 Å². The Hall–Kier alpha value is -1.30. The van der Waals surface area contributed by atoms with Gasteiger partial charge >= 0.3 is 0 Å². The van der Waals surface area contributed by atoms with Crippen LogP contribution in [0, 0.1) is 6.42 Å². The van der Waals surface area contributed by atoms with E-state index in [4.69, 9.17) is 0 Å². The molecule has 0 aromatic heterocycles. The predicted molar refractivity (Wildman–Crippen MR) is 127 cm³/mol. The molecule has 0 heterocycles. The van der Waals surface area contributed by atoms with Crippen LogP contribution >= 0.6 is 0 Å². The van der Waals surface area contributed by atoms with Crippen molar-refractivity contribution in [2.75, 3.05) is 0 Å². The summed E-state index contributed by atoms with van der Waals surface area (Å²) in [7, 11) is 0. The van der Waals surface area contributed by atoms with Gasteiger partial charge in [0.25, 0.3) is 0 Å². The summed E-state index contributed by atoms with van der Waals surface area (Å²) in [6, 6.07) is 15.4. The molecule has 0 spiro atoms. The maximum Gasteiger partial charge on any atom is -0.00867 e. The van der Waals surface area contributed by atoms with E-state index in [0.29, 0.717) is 0 Å². The van der Waals surface area contributed by atoms with Gasteiger partial charge in [-0.3, -0.25) is 0 Å². The van der Waals surface area contributed by atoms with Gasteiger partial charge in [-0.2, -0.15) is 0 Å². The van der Waals surface area contributed by atoms with Crippen LogP contribution in [0.3, 0.4) is 0 Å². The first-order valence-corrected chi connectivity index (χ1v) is 12.2. The maximum atomic E-state index is 2.44. The maximum absolute atomic E-state index is 2.44. The molecule has 0 saturated carbocycles. The minimum absolute atomic E-state index is 1.21. The summed E-state index contributed by atoms with van der Waals surface area (Å²) in [4.78, 5) is 0. The van der Waals surface area contributed by atoms with Crippen molar-refractivity contribution in [2.45, 2.75) is 110 Å². The van der Waals surface area contributed by atoms with Crippen molar-refractivity contribution >= 4 is 10.8 Å². The minimum atomic E-state index is 1.21. The molecular formula is C28H43. The molecule has 0 aliphatic carbocycles. The fourth-order valence-corrected chi connectivity index (χ4v) is 4.20. The second kappa shape index (κ2) is 15.6. The van der Waals surface area contributed by atoms with Crippen LogP contribution in [0.1, 0.15) is 115 Å². The number of hydrogen-bond donors (Lipinski definition) is 0. The average molecular weight is 380 g/mol. The topological polar surface area (TPSA) is 0 Å². The van der Waals surface area contributed by atoms with Crippen molar-refractivity contribution in [3.63, 3.8) is 0 Å². The molecule has 0 amide bonds. The first-order valence-electron chi connectivity index (χ1n) is 12.2. The third-order valence-electron chi connectivity index (χ3n) is 6.00. The van der Waals surface area contributed by atoms with Gasteiger partial charge in [-0.25, -0.2) is 0 Å². The molecule has 0 nitrogen and oxygen atoms in total. The van der Waals surface area contributed by atoms with Crippen LogP contribution < -0.4 is 0 Å². The molecule has 2 rings (SSSR count). The standard InChI is InChI=1S/C28H43/c1-2-3-4-5-6-7-8-9-10-11-12-13-14-15-16-17-21-26-23-20-24-27-22-18-19-25-28(26)27/h18-25H,2-17H2,1H3. The van der Waals surface area contributed by atoms with Crippen molar-refractivity contribution in [2.24, 2.45) is 0 Å². The van der Waals surface area contributed by atoms with Crippen LogP contribution in [-0.2, 0) is 0 Å². The van der Waals surface area contributed by atoms with E-state index >= 15 is 0 Å². The first-order chi connectivity index (χ1) is 13.9. The van der Waals surface area contributed by atoms with Crippen molar-refractivity contribution in [1.82, 2.24) is 0 Å². The zero-order chi connectivity index (χ0) is 19.7. The average Bonchev–Trinajstić information content (AvgIpc) is 2.73. The SMILES string of the molecule is CCCCCCCCCCCCCCCCC[CH]c1cccc2ccccc12. The van der Waals surface area contributed by atoms with Crippen molar-refractivity contribution in [3.05, 3.63) is 54.4 Å². The molecule has 0 aliphatic rings. The van der Waals surface area contributed by atoms with E-state index in [-0.39, 0.29) is 0 Å². The van der Waals surface area contributed by atoms with E-state index in [2.05, 4.69) is 55.8 Å². The van der Waals surface area contributed by atoms with Gasteiger partial charge in [0.05, 0.1) is 0 Å². The van der Waals surface area contributed by atoms with Crippen LogP contribution in [0.2, 0.25) is 0 Å². The van der Waals surface area contributed by atoms with Crippen LogP contribution in [0.5, 0.6) is 0 Å². The lowest BCUT2D eigenvalue weighted by Crippen LogP contribution is -1.86. The monoisotopic (exact) mass is 379 g/mol. The lowest BCUT2D eigenvalue weighted by atomic mass is 9.99. The Morgan fingerprint density at radius 3 is 1.64 bits per heavy atom. The highest BCUT2D eigenvalue weighted by molar-refractivity contribution is 5.86. The third-order valence-corrected chi connectivity index (χ3v) is 6.00. The van der Waals surface area contributed by atoms with Gasteiger partial charge in [-0.05, 0) is 29.2 Å². The number of benzene rings is 2. The Morgan fingerprint density at radius 1 is 0.536 bits per heavy atom. The zero-order valence-electron chi connectivity index (χ0n) is 18.4. The summed E-state index contributed by atoms with van der Waals surface area (Å²) in [5, 5.41) is 2.75. The molecule has 28 heavy (non-hydrogen) atoms. The normalized spacial score (nSPS) is 11.3. The highest BCUT2D eigenvalue weighted by atomic mass is 14.1. The smallest absolute Gasteiger partial charge is 0.00867 e. The molecule has 2 aromatic rings. The minimum Gasteiger partial charge on any atom is -0.0654 e. The van der Waals surface area contributed by atoms with Gasteiger partial charge in [0, 0.05) is 0 Å². The van der Waals surface area contributed by atoms with E-state index in [1.54, 1.807) is 0 Å². The summed E-state index contributed by atoms with van der Waals surface area (Å²) in [5.41, 5.74) is 1.41. The fraction of sp³-hybridized carbons (Fsp3) is 0.607. The van der Waals surface area contributed by atoms with Gasteiger partial charge in [0.2, 0.25) is 0 Å². The van der Waals surface area contributed by atoms with Crippen LogP contribution in [0.15, 0.2) is 42.5 Å². The lowest BCUT2D eigenvalue weighted by Gasteiger charge is -2.06. The first kappa shape index (κ1) is 23.0. The Balaban J connectivity index is 1.37. The highest BCUT2D eigenvalue weighted by Crippen LogP contribution is 2.22. The molecule has 2 aromatic carbocycles. The molecular weight excluding hydrogens is 336 g/mol. The zero-order valence-corrected chi connectivity index (χ0v) is 18.4. The second-order valence-electron chi connectivity index (χ2n) is 8.51. The van der Waals surface area contributed by atoms with Gasteiger partial charge in [-0.1, -0.05) is 146 Å². The summed E-state index contributed by atoms with van der Waals surface area (Å²) >= 11 is 0. The second-order valence-corrected chi connectivity index (χ2v) is 8.51. The molecule has 0 aliphatic heterocycles. The van der Waals surface area contributed by atoms with E-state index in [9.17, 15) is 0 Å². The van der Waals surface area contributed by atoms with Crippen molar-refractivity contribution in [3.8, 4) is 0 Å². The molecule has 0 atom stereocenters. The lowest BCUT2D eigenvalue weighted by molar-refractivity contribution is 0.532. The Morgan fingerprint density at radius 2 is 1.04 bits per heavy atom. The van der Waals surface area contributed by atoms with Crippen molar-refractivity contribution < 1.29 is 0 Å². The quantitative estimate of drug-likeness (QED) is 0.240. The number of unbranched alkanes of at least 4 members (excludes halogenated alkanes) is 15. The highest BCUT2D eigenvalue weighted by Gasteiger charge is 2.00. The van der Waals surface area contributed by atoms with Gasteiger partial charge in [0.1, 0.15) is 0 Å². The third kappa shape index (κ3) is 9.76. The molecule has 0 saturated heterocycles. The Kier molecular flexibility index (Phi) is 12.8. The molecule has 0 bridgehead atoms. The molecule has 1 radical (unpaired) electrons. The van der Waals surface area contributed by atoms with Crippen LogP contribution in [-0.4, -0.2) is 0 Å². The molecule has 0 heteroatoms. The van der Waals surface area contributed by atoms with Gasteiger partial charge in [0.15, 0.2) is 0 Å². The summed E-state index contributed by atoms with van der Waals surface area (Å²) < 4.78 is 0. The van der Waals surface area contributed by atoms with Crippen molar-refractivity contribution in [1.29, 1.82) is 0 Å². The van der Waals surface area contributed by atoms with Gasteiger partial charge < -0.3 is 0 Å². The Labute approximate surface area is 175 Å². The number of rotatable bonds is 17. The fourth-order valence-electron chi connectivity index (χ4n) is 4.20. The summed E-state index contributed by atoms with van der Waals surface area (Å²) in [5.74, 6) is 0. The van der Waals surface area contributed by atoms with Crippen LogP contribution in [0.4, 0.5) is 0 Å². The summed E-state index contributed by atoms with van der Waals surface area (Å²) in [6.07, 6.45) is 25.2. The molecule has 155 valence electrons. The Bertz CT molecular complexity index is 607. The van der Waals surface area contributed by atoms with Gasteiger partial charge in [-0.15, -0.1) is 0 Å². The number of fused-ring (bicyclic) bond motifs is 1.